The summed E-state index contributed by atoms with van der Waals surface area (Å²) in [5.41, 5.74) is 0.914. The molecule has 0 fully saturated rings. The Hall–Kier alpha value is -1.73. The Bertz CT molecular complexity index is 1210. The number of rotatable bonds is 15. The molecule has 0 bridgehead atoms. The van der Waals surface area contributed by atoms with Crippen LogP contribution in [-0.4, -0.2) is 49.3 Å². The molecule has 0 aromatic heterocycles. The highest BCUT2D eigenvalue weighted by molar-refractivity contribution is 8.01. The number of ether oxygens (including phenoxy) is 1. The molecular formula is C34H48O3S2Si. The molecule has 1 unspecified atom stereocenters. The first-order valence-electron chi connectivity index (χ1n) is 14.3. The van der Waals surface area contributed by atoms with Crippen LogP contribution >= 0.6 is 23.5 Å². The van der Waals surface area contributed by atoms with Crippen LogP contribution < -0.4 is 0 Å². The molecule has 2 aromatic rings. The van der Waals surface area contributed by atoms with Gasteiger partial charge in [-0.05, 0) is 78.2 Å². The third-order valence-corrected chi connectivity index (χ3v) is 15.2. The van der Waals surface area contributed by atoms with Crippen molar-refractivity contribution in [1.82, 2.24) is 0 Å². The molecule has 0 radical (unpaired) electrons. The van der Waals surface area contributed by atoms with Crippen molar-refractivity contribution in [2.45, 2.75) is 75.9 Å². The minimum Gasteiger partial charge on any atom is -0.501 e. The van der Waals surface area contributed by atoms with E-state index in [1.54, 1.807) is 24.9 Å². The molecule has 0 heterocycles. The summed E-state index contributed by atoms with van der Waals surface area (Å²) in [6.45, 7) is 17.6. The molecule has 0 amide bonds. The van der Waals surface area contributed by atoms with Crippen LogP contribution in [0.5, 0.6) is 0 Å². The molecule has 0 saturated carbocycles. The quantitative estimate of drug-likeness (QED) is 0.0886. The Balaban J connectivity index is 1.70. The Morgan fingerprint density at radius 2 is 1.80 bits per heavy atom. The highest BCUT2D eigenvalue weighted by Crippen LogP contribution is 2.41. The van der Waals surface area contributed by atoms with Gasteiger partial charge in [-0.1, -0.05) is 88.0 Å². The van der Waals surface area contributed by atoms with Gasteiger partial charge in [0.1, 0.15) is 0 Å². The van der Waals surface area contributed by atoms with Crippen molar-refractivity contribution in [1.29, 1.82) is 0 Å². The Morgan fingerprint density at radius 1 is 1.07 bits per heavy atom. The monoisotopic (exact) mass is 596 g/mol. The van der Waals surface area contributed by atoms with Gasteiger partial charge in [0.25, 0.3) is 0 Å². The van der Waals surface area contributed by atoms with Gasteiger partial charge in [-0.15, -0.1) is 11.8 Å². The van der Waals surface area contributed by atoms with E-state index in [4.69, 9.17) is 9.16 Å². The molecule has 1 aliphatic rings. The number of fused-ring (bicyclic) bond motifs is 1. The van der Waals surface area contributed by atoms with Crippen LogP contribution in [0, 0.1) is 5.92 Å². The van der Waals surface area contributed by atoms with Gasteiger partial charge in [-0.3, -0.25) is 4.79 Å². The largest absolute Gasteiger partial charge is 0.501 e. The number of thioether (sulfide) groups is 2. The van der Waals surface area contributed by atoms with E-state index in [1.165, 1.54) is 16.3 Å². The van der Waals surface area contributed by atoms with Crippen LogP contribution in [0.4, 0.5) is 0 Å². The Morgan fingerprint density at radius 3 is 2.50 bits per heavy atom. The molecule has 0 spiro atoms. The fourth-order valence-corrected chi connectivity index (χ4v) is 8.45. The van der Waals surface area contributed by atoms with Crippen LogP contribution in [0.15, 0.2) is 79.1 Å². The van der Waals surface area contributed by atoms with E-state index in [2.05, 4.69) is 108 Å². The normalized spacial score (nSPS) is 19.4. The smallest absolute Gasteiger partial charge is 0.193 e. The van der Waals surface area contributed by atoms with Crippen molar-refractivity contribution in [3.63, 3.8) is 0 Å². The van der Waals surface area contributed by atoms with E-state index >= 15 is 0 Å². The second-order valence-electron chi connectivity index (χ2n) is 12.5. The summed E-state index contributed by atoms with van der Waals surface area (Å²) < 4.78 is 12.2. The minimum absolute atomic E-state index is 0.0483. The summed E-state index contributed by atoms with van der Waals surface area (Å²) in [7, 11) is -0.370. The lowest BCUT2D eigenvalue weighted by Crippen LogP contribution is -2.48. The van der Waals surface area contributed by atoms with Crippen LogP contribution in [0.1, 0.15) is 46.1 Å². The van der Waals surface area contributed by atoms with E-state index < -0.39 is 13.9 Å². The fraction of sp³-hybridized carbons (Fsp3) is 0.500. The van der Waals surface area contributed by atoms with Gasteiger partial charge >= 0.3 is 0 Å². The first-order valence-corrected chi connectivity index (χ1v) is 19.5. The molecule has 0 N–H and O–H groups in total. The number of aryl methyl sites for hydroxylation is 1. The van der Waals surface area contributed by atoms with Gasteiger partial charge in [0.05, 0.1) is 29.5 Å². The number of benzene rings is 2. The second kappa shape index (κ2) is 14.4. The first-order chi connectivity index (χ1) is 18.8. The van der Waals surface area contributed by atoms with Gasteiger partial charge in [0, 0.05) is 5.92 Å². The van der Waals surface area contributed by atoms with Crippen molar-refractivity contribution >= 4 is 48.4 Å². The number of ketones is 1. The molecule has 0 aliphatic heterocycles. The van der Waals surface area contributed by atoms with E-state index in [0.717, 1.165) is 42.3 Å². The molecular weight excluding hydrogens is 549 g/mol. The lowest BCUT2D eigenvalue weighted by atomic mass is 9.93. The maximum Gasteiger partial charge on any atom is 0.193 e. The third kappa shape index (κ3) is 9.40. The highest BCUT2D eigenvalue weighted by atomic mass is 32.2. The average molecular weight is 597 g/mol. The summed E-state index contributed by atoms with van der Waals surface area (Å²) in [4.78, 5) is 12.7. The van der Waals surface area contributed by atoms with Gasteiger partial charge < -0.3 is 9.16 Å². The molecule has 3 atom stereocenters. The maximum absolute atomic E-state index is 12.7. The van der Waals surface area contributed by atoms with Crippen LogP contribution in [0.25, 0.3) is 10.8 Å². The summed E-state index contributed by atoms with van der Waals surface area (Å²) in [5.74, 6) is 3.96. The number of allylic oxidation sites excluding steroid dienone is 3. The van der Waals surface area contributed by atoms with E-state index in [9.17, 15) is 4.79 Å². The zero-order chi connectivity index (χ0) is 29.4. The maximum atomic E-state index is 12.7. The summed E-state index contributed by atoms with van der Waals surface area (Å²) in [6.07, 6.45) is 11.2. The van der Waals surface area contributed by atoms with Gasteiger partial charge in [0.2, 0.25) is 0 Å². The lowest BCUT2D eigenvalue weighted by Gasteiger charge is -2.43. The Kier molecular flexibility index (Phi) is 11.8. The molecule has 3 nitrogen and oxygen atoms in total. The number of hydrogen-bond donors (Lipinski definition) is 0. The van der Waals surface area contributed by atoms with Crippen molar-refractivity contribution in [2.75, 3.05) is 24.4 Å². The van der Waals surface area contributed by atoms with Crippen molar-refractivity contribution in [3.05, 3.63) is 84.7 Å². The number of carbonyl (C=O) groups excluding carboxylic acids is 1. The Labute approximate surface area is 252 Å². The molecule has 1 aliphatic carbocycles. The average Bonchev–Trinajstić information content (AvgIpc) is 3.26. The second-order valence-corrected chi connectivity index (χ2v) is 19.6. The van der Waals surface area contributed by atoms with Gasteiger partial charge in [-0.25, -0.2) is 0 Å². The zero-order valence-electron chi connectivity index (χ0n) is 25.5. The summed E-state index contributed by atoms with van der Waals surface area (Å²) in [6, 6.07) is 15.3. The number of methoxy groups -OCH3 is 1. The first kappa shape index (κ1) is 32.8. The van der Waals surface area contributed by atoms with Gasteiger partial charge in [0.15, 0.2) is 14.1 Å². The highest BCUT2D eigenvalue weighted by Gasteiger charge is 2.42. The summed E-state index contributed by atoms with van der Waals surface area (Å²) >= 11 is 3.61. The standard InChI is InChI=1S/C34H48O3S2Si/c1-26(36-6)25-38-22-11-23-39-32-29(16-17-31(32)35)19-21-34(5,37-40(7,8)33(2,3)4)20-18-27-14-15-28-12-9-10-13-30(28)24-27/h9-10,12-17,19,21,24,29,32H,1,11,18,20,22-23,25H2,2-8H3/b21-19+/t29-,32-,34?/m1/s1. The minimum atomic E-state index is -2.03. The lowest BCUT2D eigenvalue weighted by molar-refractivity contribution is -0.113. The van der Waals surface area contributed by atoms with Crippen molar-refractivity contribution < 1.29 is 14.0 Å². The predicted octanol–water partition coefficient (Wildman–Crippen LogP) is 9.25. The molecule has 6 heteroatoms. The predicted molar refractivity (Wildman–Crippen MR) is 180 cm³/mol. The molecule has 218 valence electrons. The van der Waals surface area contributed by atoms with E-state index in [1.807, 2.05) is 11.8 Å². The molecule has 40 heavy (non-hydrogen) atoms. The number of hydrogen-bond acceptors (Lipinski definition) is 5. The molecule has 0 saturated heterocycles. The molecule has 3 rings (SSSR count). The van der Waals surface area contributed by atoms with Crippen molar-refractivity contribution in [2.24, 2.45) is 5.92 Å². The summed E-state index contributed by atoms with van der Waals surface area (Å²) in [5, 5.41) is 2.61. The SMILES string of the molecule is C=C(CSCCCS[C@H]1C(=O)C=C[C@@H]1/C=C/C(C)(CCc1ccc2ccccc2c1)O[Si](C)(C)C(C)(C)C)OC. The van der Waals surface area contributed by atoms with Crippen molar-refractivity contribution in [3.8, 4) is 0 Å². The van der Waals surface area contributed by atoms with E-state index in [-0.39, 0.29) is 22.0 Å². The topological polar surface area (TPSA) is 35.5 Å². The zero-order valence-corrected chi connectivity index (χ0v) is 28.1. The van der Waals surface area contributed by atoms with E-state index in [0.29, 0.717) is 0 Å². The third-order valence-electron chi connectivity index (χ3n) is 8.08. The van der Waals surface area contributed by atoms with Crippen LogP contribution in [0.2, 0.25) is 18.1 Å². The van der Waals surface area contributed by atoms with Crippen LogP contribution in [-0.2, 0) is 20.4 Å². The fourth-order valence-electron chi connectivity index (χ4n) is 4.57. The van der Waals surface area contributed by atoms with Gasteiger partial charge in [-0.2, -0.15) is 11.8 Å². The van der Waals surface area contributed by atoms with Crippen LogP contribution in [0.3, 0.4) is 0 Å². The number of carbonyl (C=O) groups is 1. The molecule has 2 aromatic carbocycles.